The molecule has 0 bridgehead atoms. The van der Waals surface area contributed by atoms with Crippen molar-refractivity contribution in [3.05, 3.63) is 47.4 Å². The predicted octanol–water partition coefficient (Wildman–Crippen LogP) is 4.56. The Morgan fingerprint density at radius 3 is 2.74 bits per heavy atom. The van der Waals surface area contributed by atoms with Crippen molar-refractivity contribution in [2.45, 2.75) is 51.2 Å². The van der Waals surface area contributed by atoms with Crippen molar-refractivity contribution in [2.24, 2.45) is 7.05 Å². The average Bonchev–Trinajstić information content (AvgIpc) is 3.41. The lowest BCUT2D eigenvalue weighted by molar-refractivity contribution is 0.0958. The molecular formula is C27H36N8O2Si. The fourth-order valence-corrected chi connectivity index (χ4v) is 5.29. The number of hydrogen-bond donors (Lipinski definition) is 3. The first kappa shape index (κ1) is 27.3. The summed E-state index contributed by atoms with van der Waals surface area (Å²) < 4.78 is 8.18. The quantitative estimate of drug-likeness (QED) is 0.378. The van der Waals surface area contributed by atoms with Crippen molar-refractivity contribution in [3.63, 3.8) is 0 Å². The van der Waals surface area contributed by atoms with E-state index in [0.717, 1.165) is 16.8 Å². The van der Waals surface area contributed by atoms with E-state index in [0.29, 0.717) is 36.0 Å². The molecule has 0 unspecified atom stereocenters. The molecule has 1 aliphatic rings. The van der Waals surface area contributed by atoms with Crippen molar-refractivity contribution in [2.75, 3.05) is 30.8 Å². The molecule has 0 saturated carbocycles. The van der Waals surface area contributed by atoms with Crippen molar-refractivity contribution >= 4 is 31.5 Å². The van der Waals surface area contributed by atoms with Crippen LogP contribution in [0.1, 0.15) is 49.3 Å². The van der Waals surface area contributed by atoms with Gasteiger partial charge in [0.25, 0.3) is 5.91 Å². The Morgan fingerprint density at radius 2 is 2.08 bits per heavy atom. The van der Waals surface area contributed by atoms with Crippen LogP contribution < -0.4 is 16.0 Å². The molecule has 1 amide bonds. The number of benzene rings is 1. The molecule has 200 valence electrons. The Balaban J connectivity index is 1.68. The Morgan fingerprint density at radius 1 is 1.34 bits per heavy atom. The second kappa shape index (κ2) is 9.85. The fraction of sp³-hybridized carbons (Fsp3) is 0.444. The van der Waals surface area contributed by atoms with E-state index in [2.05, 4.69) is 79.0 Å². The molecule has 0 aliphatic carbocycles. The smallest absolute Gasteiger partial charge is 0.273 e. The molecule has 1 atom stereocenters. The van der Waals surface area contributed by atoms with E-state index in [1.165, 1.54) is 0 Å². The van der Waals surface area contributed by atoms with Crippen LogP contribution in [-0.2, 0) is 16.9 Å². The molecule has 3 aromatic rings. The number of nitriles is 1. The highest BCUT2D eigenvalue weighted by atomic mass is 28.4. The standard InChI is InChI=1S/C27H36N8O2Si/c1-26(2,3)38(7,8)37-16-27(4)15-31-22-18(13-28)11-17(12-19(22)27)20-9-10-30-25(32-20)33-21-14-35(6)34-23(21)24(36)29-5/h9-12,14,31H,15-16H2,1-8H3,(H,29,36)(H,30,32,33)/t27-/m1/s1. The minimum atomic E-state index is -1.96. The van der Waals surface area contributed by atoms with Crippen molar-refractivity contribution in [3.8, 4) is 17.3 Å². The monoisotopic (exact) mass is 532 g/mol. The number of carbonyl (C=O) groups is 1. The zero-order valence-corrected chi connectivity index (χ0v) is 24.4. The summed E-state index contributed by atoms with van der Waals surface area (Å²) in [5.41, 5.74) is 4.39. The van der Waals surface area contributed by atoms with Gasteiger partial charge in [0.15, 0.2) is 14.0 Å². The minimum absolute atomic E-state index is 0.105. The molecule has 2 aromatic heterocycles. The third kappa shape index (κ3) is 5.14. The van der Waals surface area contributed by atoms with Crippen LogP contribution in [0.5, 0.6) is 0 Å². The summed E-state index contributed by atoms with van der Waals surface area (Å²) >= 11 is 0. The summed E-state index contributed by atoms with van der Waals surface area (Å²) in [6.07, 6.45) is 3.35. The van der Waals surface area contributed by atoms with E-state index < -0.39 is 8.32 Å². The van der Waals surface area contributed by atoms with Crippen LogP contribution in [0.25, 0.3) is 11.3 Å². The Kier molecular flexibility index (Phi) is 7.07. The van der Waals surface area contributed by atoms with Gasteiger partial charge in [-0.2, -0.15) is 10.4 Å². The first-order valence-corrected chi connectivity index (χ1v) is 15.5. The molecule has 1 aliphatic heterocycles. The predicted molar refractivity (Wildman–Crippen MR) is 151 cm³/mol. The maximum atomic E-state index is 12.2. The topological polar surface area (TPSA) is 130 Å². The van der Waals surface area contributed by atoms with Crippen molar-refractivity contribution in [1.29, 1.82) is 5.26 Å². The van der Waals surface area contributed by atoms with E-state index in [9.17, 15) is 10.1 Å². The van der Waals surface area contributed by atoms with Gasteiger partial charge in [0.05, 0.1) is 22.6 Å². The van der Waals surface area contributed by atoms with E-state index >= 15 is 0 Å². The largest absolute Gasteiger partial charge is 0.416 e. The zero-order valence-electron chi connectivity index (χ0n) is 23.4. The lowest BCUT2D eigenvalue weighted by atomic mass is 9.83. The van der Waals surface area contributed by atoms with Gasteiger partial charge in [-0.15, -0.1) is 0 Å². The van der Waals surface area contributed by atoms with Gasteiger partial charge in [-0.3, -0.25) is 9.48 Å². The molecule has 4 rings (SSSR count). The number of nitrogens with one attached hydrogen (secondary N) is 3. The number of fused-ring (bicyclic) bond motifs is 1. The number of anilines is 3. The van der Waals surface area contributed by atoms with Gasteiger partial charge < -0.3 is 20.4 Å². The summed E-state index contributed by atoms with van der Waals surface area (Å²) in [5, 5.41) is 23.4. The highest BCUT2D eigenvalue weighted by molar-refractivity contribution is 6.74. The van der Waals surface area contributed by atoms with Crippen molar-refractivity contribution < 1.29 is 9.22 Å². The van der Waals surface area contributed by atoms with Crippen LogP contribution >= 0.6 is 0 Å². The fourth-order valence-electron chi connectivity index (χ4n) is 4.17. The van der Waals surface area contributed by atoms with E-state index in [-0.39, 0.29) is 22.1 Å². The lowest BCUT2D eigenvalue weighted by Gasteiger charge is -2.39. The summed E-state index contributed by atoms with van der Waals surface area (Å²) in [6, 6.07) is 8.09. The molecule has 0 saturated heterocycles. The average molecular weight is 533 g/mol. The van der Waals surface area contributed by atoms with E-state index in [4.69, 9.17) is 9.41 Å². The highest BCUT2D eigenvalue weighted by Crippen LogP contribution is 2.44. The number of nitrogens with zero attached hydrogens (tertiary/aromatic N) is 5. The molecule has 11 heteroatoms. The number of carbonyl (C=O) groups excluding carboxylic acids is 1. The normalized spacial score (nSPS) is 16.9. The first-order valence-electron chi connectivity index (χ1n) is 12.6. The molecule has 38 heavy (non-hydrogen) atoms. The Labute approximate surface area is 225 Å². The third-order valence-corrected chi connectivity index (χ3v) is 12.1. The van der Waals surface area contributed by atoms with Gasteiger partial charge in [-0.25, -0.2) is 9.97 Å². The van der Waals surface area contributed by atoms with Gasteiger partial charge in [-0.05, 0) is 41.9 Å². The summed E-state index contributed by atoms with van der Waals surface area (Å²) in [5.74, 6) is 0.00930. The number of amides is 1. The van der Waals surface area contributed by atoms with Crippen molar-refractivity contribution in [1.82, 2.24) is 25.1 Å². The van der Waals surface area contributed by atoms with Crippen LogP contribution in [0.3, 0.4) is 0 Å². The van der Waals surface area contributed by atoms with Crippen LogP contribution in [0.2, 0.25) is 18.1 Å². The first-order chi connectivity index (χ1) is 17.8. The maximum absolute atomic E-state index is 12.2. The summed E-state index contributed by atoms with van der Waals surface area (Å²) in [4.78, 5) is 21.3. The number of rotatable bonds is 7. The van der Waals surface area contributed by atoms with Crippen LogP contribution in [-0.4, -0.2) is 54.2 Å². The minimum Gasteiger partial charge on any atom is -0.416 e. The number of aryl methyl sites for hydroxylation is 1. The second-order valence-corrected chi connectivity index (χ2v) is 16.4. The Bertz CT molecular complexity index is 1420. The van der Waals surface area contributed by atoms with E-state index in [1.807, 2.05) is 12.1 Å². The third-order valence-electron chi connectivity index (χ3n) is 7.59. The maximum Gasteiger partial charge on any atom is 0.273 e. The molecule has 0 radical (unpaired) electrons. The molecular weight excluding hydrogens is 496 g/mol. The molecule has 3 heterocycles. The molecule has 0 fully saturated rings. The van der Waals surface area contributed by atoms with Crippen LogP contribution in [0.15, 0.2) is 30.6 Å². The molecule has 1 aromatic carbocycles. The Hall–Kier alpha value is -3.75. The van der Waals surface area contributed by atoms with Gasteiger partial charge in [-0.1, -0.05) is 27.7 Å². The number of hydrogen-bond acceptors (Lipinski definition) is 8. The molecule has 0 spiro atoms. The molecule has 3 N–H and O–H groups in total. The van der Waals surface area contributed by atoms with Gasteiger partial charge in [0.1, 0.15) is 6.07 Å². The van der Waals surface area contributed by atoms with Gasteiger partial charge in [0.2, 0.25) is 5.95 Å². The summed E-state index contributed by atoms with van der Waals surface area (Å²) in [6.45, 7) is 14.6. The van der Waals surface area contributed by atoms with Crippen LogP contribution in [0.4, 0.5) is 17.3 Å². The van der Waals surface area contributed by atoms with Gasteiger partial charge >= 0.3 is 0 Å². The SMILES string of the molecule is CNC(=O)c1nn(C)cc1Nc1nccc(-c2cc(C#N)c3c(c2)[C@@](C)(CO[Si](C)(C)C(C)(C)C)CN3)n1. The highest BCUT2D eigenvalue weighted by Gasteiger charge is 2.42. The molecule has 10 nitrogen and oxygen atoms in total. The van der Waals surface area contributed by atoms with E-state index in [1.54, 1.807) is 31.2 Å². The lowest BCUT2D eigenvalue weighted by Crippen LogP contribution is -2.45. The van der Waals surface area contributed by atoms with Crippen LogP contribution in [0, 0.1) is 11.3 Å². The number of aromatic nitrogens is 4. The second-order valence-electron chi connectivity index (χ2n) is 11.6. The zero-order chi connectivity index (χ0) is 27.9. The summed E-state index contributed by atoms with van der Waals surface area (Å²) in [7, 11) is 1.34. The van der Waals surface area contributed by atoms with Gasteiger partial charge in [0, 0.05) is 50.6 Å².